The van der Waals surface area contributed by atoms with E-state index in [1.165, 1.54) is 0 Å². The minimum absolute atomic E-state index is 0.0445. The van der Waals surface area contributed by atoms with Crippen molar-refractivity contribution in [2.24, 2.45) is 0 Å². The van der Waals surface area contributed by atoms with Crippen molar-refractivity contribution >= 4 is 21.8 Å². The van der Waals surface area contributed by atoms with Gasteiger partial charge >= 0.3 is 0 Å². The topological polar surface area (TPSA) is 38.8 Å². The highest BCUT2D eigenvalue weighted by atomic mass is 79.9. The van der Waals surface area contributed by atoms with Crippen LogP contribution in [0.25, 0.3) is 0 Å². The number of hydrogen-bond donors (Lipinski definition) is 0. The van der Waals surface area contributed by atoms with Crippen molar-refractivity contribution in [2.45, 2.75) is 32.0 Å². The molecule has 116 valence electrons. The number of morpholine rings is 1. The molecule has 0 N–H and O–H groups in total. The van der Waals surface area contributed by atoms with E-state index in [0.29, 0.717) is 19.5 Å². The van der Waals surface area contributed by atoms with Crippen LogP contribution >= 0.6 is 15.9 Å². The van der Waals surface area contributed by atoms with Crippen molar-refractivity contribution < 1.29 is 14.3 Å². The SMILES string of the molecule is COc1cccc(CC(=O)N2CC(CBr)OC(C)(C)C2)c1. The predicted octanol–water partition coefficient (Wildman–Crippen LogP) is 2.64. The molecule has 4 nitrogen and oxygen atoms in total. The van der Waals surface area contributed by atoms with E-state index in [1.54, 1.807) is 7.11 Å². The maximum absolute atomic E-state index is 12.5. The zero-order valence-electron chi connectivity index (χ0n) is 12.8. The van der Waals surface area contributed by atoms with E-state index in [4.69, 9.17) is 9.47 Å². The summed E-state index contributed by atoms with van der Waals surface area (Å²) in [4.78, 5) is 14.4. The molecule has 1 fully saturated rings. The van der Waals surface area contributed by atoms with Crippen molar-refractivity contribution in [3.63, 3.8) is 0 Å². The zero-order valence-corrected chi connectivity index (χ0v) is 14.4. The van der Waals surface area contributed by atoms with Gasteiger partial charge in [0.15, 0.2) is 0 Å². The molecule has 0 bridgehead atoms. The molecule has 0 aromatic heterocycles. The van der Waals surface area contributed by atoms with Gasteiger partial charge in [0.1, 0.15) is 5.75 Å². The van der Waals surface area contributed by atoms with Gasteiger partial charge in [-0.05, 0) is 31.5 Å². The first-order valence-corrected chi connectivity index (χ1v) is 8.20. The molecule has 1 aromatic carbocycles. The fraction of sp³-hybridized carbons (Fsp3) is 0.562. The number of carbonyl (C=O) groups excluding carboxylic acids is 1. The van der Waals surface area contributed by atoms with Gasteiger partial charge in [-0.15, -0.1) is 0 Å². The third kappa shape index (κ3) is 4.45. The minimum Gasteiger partial charge on any atom is -0.497 e. The van der Waals surface area contributed by atoms with E-state index in [1.807, 2.05) is 43.0 Å². The molecule has 0 saturated carbocycles. The summed E-state index contributed by atoms with van der Waals surface area (Å²) in [6.07, 6.45) is 0.436. The second-order valence-electron chi connectivity index (χ2n) is 5.96. The van der Waals surface area contributed by atoms with E-state index >= 15 is 0 Å². The number of nitrogens with zero attached hydrogens (tertiary/aromatic N) is 1. The Bertz CT molecular complexity index is 504. The van der Waals surface area contributed by atoms with Gasteiger partial charge in [-0.3, -0.25) is 4.79 Å². The molecule has 2 rings (SSSR count). The van der Waals surface area contributed by atoms with Gasteiger partial charge in [0, 0.05) is 18.4 Å². The van der Waals surface area contributed by atoms with Gasteiger partial charge in [-0.2, -0.15) is 0 Å². The Morgan fingerprint density at radius 3 is 2.95 bits per heavy atom. The van der Waals surface area contributed by atoms with E-state index in [0.717, 1.165) is 16.6 Å². The highest BCUT2D eigenvalue weighted by Crippen LogP contribution is 2.23. The van der Waals surface area contributed by atoms with E-state index in [-0.39, 0.29) is 17.6 Å². The molecule has 0 spiro atoms. The van der Waals surface area contributed by atoms with Crippen LogP contribution in [0.4, 0.5) is 0 Å². The molecule has 5 heteroatoms. The average Bonchev–Trinajstić information content (AvgIpc) is 2.45. The molecule has 21 heavy (non-hydrogen) atoms. The molecule has 0 radical (unpaired) electrons. The minimum atomic E-state index is -0.305. The number of alkyl halides is 1. The Morgan fingerprint density at radius 1 is 1.52 bits per heavy atom. The van der Waals surface area contributed by atoms with Gasteiger partial charge < -0.3 is 14.4 Å². The number of ether oxygens (including phenoxy) is 2. The molecule has 1 aliphatic rings. The number of rotatable bonds is 4. The number of benzene rings is 1. The second kappa shape index (κ2) is 6.79. The summed E-state index contributed by atoms with van der Waals surface area (Å²) < 4.78 is 11.1. The average molecular weight is 356 g/mol. The molecule has 1 aliphatic heterocycles. The van der Waals surface area contributed by atoms with Crippen LogP contribution in [0.5, 0.6) is 5.75 Å². The van der Waals surface area contributed by atoms with Crippen LogP contribution in [0.2, 0.25) is 0 Å². The maximum atomic E-state index is 12.5. The van der Waals surface area contributed by atoms with Crippen LogP contribution in [0.3, 0.4) is 0 Å². The smallest absolute Gasteiger partial charge is 0.227 e. The standard InChI is InChI=1S/C16H22BrNO3/c1-16(2)11-18(10-14(9-17)21-16)15(19)8-12-5-4-6-13(7-12)20-3/h4-7,14H,8-11H2,1-3H3. The number of methoxy groups -OCH3 is 1. The lowest BCUT2D eigenvalue weighted by Gasteiger charge is -2.42. The highest BCUT2D eigenvalue weighted by molar-refractivity contribution is 9.09. The summed E-state index contributed by atoms with van der Waals surface area (Å²) in [5, 5.41) is 0.735. The summed E-state index contributed by atoms with van der Waals surface area (Å²) in [6, 6.07) is 7.65. The van der Waals surface area contributed by atoms with Crippen LogP contribution in [-0.2, 0) is 16.0 Å². The monoisotopic (exact) mass is 355 g/mol. The molecule has 1 aromatic rings. The Hall–Kier alpha value is -1.07. The van der Waals surface area contributed by atoms with E-state index < -0.39 is 0 Å². The molecule has 0 aliphatic carbocycles. The maximum Gasteiger partial charge on any atom is 0.227 e. The first-order valence-electron chi connectivity index (χ1n) is 7.08. The molecule has 1 amide bonds. The van der Waals surface area contributed by atoms with Crippen LogP contribution < -0.4 is 4.74 Å². The summed E-state index contributed by atoms with van der Waals surface area (Å²) in [5.74, 6) is 0.909. The fourth-order valence-corrected chi connectivity index (χ4v) is 2.97. The Balaban J connectivity index is 2.05. The first-order chi connectivity index (χ1) is 9.93. The van der Waals surface area contributed by atoms with Crippen molar-refractivity contribution in [3.05, 3.63) is 29.8 Å². The predicted molar refractivity (Wildman–Crippen MR) is 86.0 cm³/mol. The zero-order chi connectivity index (χ0) is 15.5. The Labute approximate surface area is 134 Å². The Kier molecular flexibility index (Phi) is 5.27. The third-order valence-electron chi connectivity index (χ3n) is 3.50. The van der Waals surface area contributed by atoms with Crippen LogP contribution in [0.1, 0.15) is 19.4 Å². The fourth-order valence-electron chi connectivity index (χ4n) is 2.63. The van der Waals surface area contributed by atoms with Gasteiger partial charge in [0.2, 0.25) is 5.91 Å². The third-order valence-corrected chi connectivity index (χ3v) is 4.22. The second-order valence-corrected chi connectivity index (χ2v) is 6.60. The largest absolute Gasteiger partial charge is 0.497 e. The van der Waals surface area contributed by atoms with Crippen molar-refractivity contribution in [1.29, 1.82) is 0 Å². The van der Waals surface area contributed by atoms with Crippen LogP contribution in [0, 0.1) is 0 Å². The van der Waals surface area contributed by atoms with E-state index in [2.05, 4.69) is 15.9 Å². The van der Waals surface area contributed by atoms with Crippen molar-refractivity contribution in [1.82, 2.24) is 4.90 Å². The first kappa shape index (κ1) is 16.3. The van der Waals surface area contributed by atoms with Crippen molar-refractivity contribution in [3.8, 4) is 5.75 Å². The number of halogens is 1. The molecule has 1 atom stereocenters. The molecular formula is C16H22BrNO3. The van der Waals surface area contributed by atoms with Gasteiger partial charge in [-0.25, -0.2) is 0 Å². The van der Waals surface area contributed by atoms with Gasteiger partial charge in [0.05, 0.1) is 25.2 Å². The van der Waals surface area contributed by atoms with Crippen LogP contribution in [0.15, 0.2) is 24.3 Å². The quantitative estimate of drug-likeness (QED) is 0.779. The number of carbonyl (C=O) groups is 1. The molecule has 1 heterocycles. The summed E-state index contributed by atoms with van der Waals surface area (Å²) in [7, 11) is 1.63. The number of amides is 1. The number of hydrogen-bond acceptors (Lipinski definition) is 3. The Morgan fingerprint density at radius 2 is 2.29 bits per heavy atom. The van der Waals surface area contributed by atoms with Gasteiger partial charge in [0.25, 0.3) is 0 Å². The molecular weight excluding hydrogens is 334 g/mol. The van der Waals surface area contributed by atoms with Gasteiger partial charge in [-0.1, -0.05) is 28.1 Å². The normalized spacial score (nSPS) is 21.1. The summed E-state index contributed by atoms with van der Waals surface area (Å²) in [6.45, 7) is 5.30. The highest BCUT2D eigenvalue weighted by Gasteiger charge is 2.34. The van der Waals surface area contributed by atoms with E-state index in [9.17, 15) is 4.79 Å². The van der Waals surface area contributed by atoms with Crippen molar-refractivity contribution in [2.75, 3.05) is 25.5 Å². The lowest BCUT2D eigenvalue weighted by molar-refractivity contribution is -0.156. The lowest BCUT2D eigenvalue weighted by atomic mass is 10.0. The summed E-state index contributed by atoms with van der Waals surface area (Å²) >= 11 is 3.45. The van der Waals surface area contributed by atoms with Crippen LogP contribution in [-0.4, -0.2) is 48.0 Å². The molecule has 1 unspecified atom stereocenters. The summed E-state index contributed by atoms with van der Waals surface area (Å²) in [5.41, 5.74) is 0.666. The lowest BCUT2D eigenvalue weighted by Crippen LogP contribution is -2.55. The molecule has 1 saturated heterocycles.